The Labute approximate surface area is 137 Å². The van der Waals surface area contributed by atoms with Crippen LogP contribution in [-0.4, -0.2) is 42.1 Å². The topological polar surface area (TPSA) is 41.1 Å². The number of rotatable bonds is 4. The van der Waals surface area contributed by atoms with E-state index in [0.717, 1.165) is 41.0 Å². The molecule has 2 aromatic heterocycles. The van der Waals surface area contributed by atoms with Crippen LogP contribution in [0.4, 0.5) is 5.82 Å². The van der Waals surface area contributed by atoms with E-state index in [1.165, 1.54) is 16.5 Å². The molecule has 1 aromatic carbocycles. The molecular weight excluding hydrogens is 284 g/mol. The summed E-state index contributed by atoms with van der Waals surface area (Å²) in [5, 5.41) is 5.77. The summed E-state index contributed by atoms with van der Waals surface area (Å²) in [6.07, 6.45) is 0. The number of likely N-dealkylation sites (N-methyl/N-ethyl adjacent to an activating group) is 1. The molecule has 0 unspecified atom stereocenters. The Morgan fingerprint density at radius 1 is 0.957 bits per heavy atom. The number of hydrogen-bond acceptors (Lipinski definition) is 4. The second-order valence-corrected chi connectivity index (χ2v) is 6.49. The lowest BCUT2D eigenvalue weighted by Crippen LogP contribution is -2.21. The molecule has 4 nitrogen and oxygen atoms in total. The molecule has 0 aliphatic carbocycles. The molecule has 0 fully saturated rings. The highest BCUT2D eigenvalue weighted by molar-refractivity contribution is 6.00. The maximum absolute atomic E-state index is 4.91. The molecule has 0 atom stereocenters. The van der Waals surface area contributed by atoms with Crippen molar-refractivity contribution in [1.29, 1.82) is 0 Å². The van der Waals surface area contributed by atoms with Crippen LogP contribution in [0.2, 0.25) is 0 Å². The van der Waals surface area contributed by atoms with Gasteiger partial charge in [0.25, 0.3) is 0 Å². The van der Waals surface area contributed by atoms with Gasteiger partial charge in [0.15, 0.2) is 0 Å². The van der Waals surface area contributed by atoms with Gasteiger partial charge in [-0.1, -0.05) is 12.1 Å². The molecular formula is C19H24N4. The number of aromatic nitrogens is 2. The third kappa shape index (κ3) is 3.13. The van der Waals surface area contributed by atoms with Crippen LogP contribution in [0, 0.1) is 20.8 Å². The Morgan fingerprint density at radius 2 is 1.70 bits per heavy atom. The number of nitrogens with zero attached hydrogens (tertiary/aromatic N) is 3. The normalized spacial score (nSPS) is 11.6. The molecule has 0 aliphatic heterocycles. The molecule has 0 spiro atoms. The zero-order valence-corrected chi connectivity index (χ0v) is 14.6. The van der Waals surface area contributed by atoms with Gasteiger partial charge in [-0.25, -0.2) is 9.97 Å². The minimum Gasteiger partial charge on any atom is -0.368 e. The van der Waals surface area contributed by atoms with Crippen LogP contribution >= 0.6 is 0 Å². The van der Waals surface area contributed by atoms with Gasteiger partial charge >= 0.3 is 0 Å². The van der Waals surface area contributed by atoms with Crippen molar-refractivity contribution in [3.63, 3.8) is 0 Å². The van der Waals surface area contributed by atoms with Gasteiger partial charge in [-0.3, -0.25) is 0 Å². The average molecular weight is 308 g/mol. The van der Waals surface area contributed by atoms with Gasteiger partial charge < -0.3 is 10.2 Å². The second-order valence-electron chi connectivity index (χ2n) is 6.49. The number of fused-ring (bicyclic) bond motifs is 2. The largest absolute Gasteiger partial charge is 0.368 e. The summed E-state index contributed by atoms with van der Waals surface area (Å²) in [6, 6.07) is 8.59. The van der Waals surface area contributed by atoms with E-state index in [2.05, 4.69) is 67.4 Å². The highest BCUT2D eigenvalue weighted by Crippen LogP contribution is 2.28. The maximum Gasteiger partial charge on any atom is 0.135 e. The molecule has 3 aromatic rings. The average Bonchev–Trinajstić information content (AvgIpc) is 2.49. The molecule has 4 heteroatoms. The van der Waals surface area contributed by atoms with Crippen molar-refractivity contribution in [2.24, 2.45) is 0 Å². The summed E-state index contributed by atoms with van der Waals surface area (Å²) in [6.45, 7) is 8.10. The maximum atomic E-state index is 4.91. The molecule has 120 valence electrons. The first-order valence-electron chi connectivity index (χ1n) is 8.02. The van der Waals surface area contributed by atoms with Crippen molar-refractivity contribution < 1.29 is 0 Å². The Kier molecular flexibility index (Phi) is 4.18. The summed E-state index contributed by atoms with van der Waals surface area (Å²) < 4.78 is 0. The van der Waals surface area contributed by atoms with Crippen molar-refractivity contribution in [3.8, 4) is 0 Å². The fraction of sp³-hybridized carbons (Fsp3) is 0.368. The quantitative estimate of drug-likeness (QED) is 0.747. The van der Waals surface area contributed by atoms with Gasteiger partial charge in [-0.2, -0.15) is 0 Å². The molecule has 1 N–H and O–H groups in total. The van der Waals surface area contributed by atoms with E-state index in [-0.39, 0.29) is 0 Å². The number of benzene rings is 1. The van der Waals surface area contributed by atoms with E-state index in [9.17, 15) is 0 Å². The summed E-state index contributed by atoms with van der Waals surface area (Å²) in [4.78, 5) is 11.8. The Morgan fingerprint density at radius 3 is 2.43 bits per heavy atom. The SMILES string of the molecule is Cc1cc2nc3c(C)ccc(C)c3cc2c(NCCN(C)C)n1. The van der Waals surface area contributed by atoms with E-state index < -0.39 is 0 Å². The van der Waals surface area contributed by atoms with E-state index >= 15 is 0 Å². The lowest BCUT2D eigenvalue weighted by Gasteiger charge is -2.14. The molecule has 0 saturated carbocycles. The summed E-state index contributed by atoms with van der Waals surface area (Å²) >= 11 is 0. The molecule has 0 amide bonds. The van der Waals surface area contributed by atoms with Gasteiger partial charge in [0, 0.05) is 29.6 Å². The summed E-state index contributed by atoms with van der Waals surface area (Å²) in [5.74, 6) is 0.928. The van der Waals surface area contributed by atoms with Crippen LogP contribution in [0.1, 0.15) is 16.8 Å². The lowest BCUT2D eigenvalue weighted by atomic mass is 10.0. The standard InChI is InChI=1S/C19H24N4/c1-12-6-7-13(2)18-15(12)11-16-17(22-18)10-14(3)21-19(16)20-8-9-23(4)5/h6-7,10-11H,8-9H2,1-5H3,(H,20,21). The molecule has 0 radical (unpaired) electrons. The third-order valence-corrected chi connectivity index (χ3v) is 4.17. The van der Waals surface area contributed by atoms with Crippen LogP contribution < -0.4 is 5.32 Å². The van der Waals surface area contributed by atoms with Gasteiger partial charge in [0.2, 0.25) is 0 Å². The number of anilines is 1. The van der Waals surface area contributed by atoms with Gasteiger partial charge in [-0.15, -0.1) is 0 Å². The molecule has 23 heavy (non-hydrogen) atoms. The zero-order valence-electron chi connectivity index (χ0n) is 14.6. The van der Waals surface area contributed by atoms with E-state index in [0.29, 0.717) is 0 Å². The summed E-state index contributed by atoms with van der Waals surface area (Å²) in [7, 11) is 4.15. The molecule has 0 bridgehead atoms. The van der Waals surface area contributed by atoms with Gasteiger partial charge in [-0.05, 0) is 58.1 Å². The van der Waals surface area contributed by atoms with Crippen LogP contribution in [-0.2, 0) is 0 Å². The van der Waals surface area contributed by atoms with Crippen LogP contribution in [0.25, 0.3) is 21.8 Å². The molecule has 0 aliphatic rings. The highest BCUT2D eigenvalue weighted by Gasteiger charge is 2.10. The second kappa shape index (κ2) is 6.13. The molecule has 0 saturated heterocycles. The van der Waals surface area contributed by atoms with Crippen LogP contribution in [0.15, 0.2) is 24.3 Å². The Hall–Kier alpha value is -2.20. The number of pyridine rings is 2. The number of hydrogen-bond donors (Lipinski definition) is 1. The van der Waals surface area contributed by atoms with Crippen molar-refractivity contribution in [2.45, 2.75) is 20.8 Å². The van der Waals surface area contributed by atoms with Gasteiger partial charge in [0.05, 0.1) is 11.0 Å². The predicted octanol–water partition coefficient (Wildman–Crippen LogP) is 3.68. The first kappa shape index (κ1) is 15.7. The monoisotopic (exact) mass is 308 g/mol. The fourth-order valence-corrected chi connectivity index (χ4v) is 2.85. The van der Waals surface area contributed by atoms with Crippen molar-refractivity contribution >= 4 is 27.6 Å². The Balaban J connectivity index is 2.16. The van der Waals surface area contributed by atoms with Crippen molar-refractivity contribution in [1.82, 2.24) is 14.9 Å². The molecule has 3 rings (SSSR count). The van der Waals surface area contributed by atoms with Gasteiger partial charge in [0.1, 0.15) is 5.82 Å². The van der Waals surface area contributed by atoms with E-state index in [1.807, 2.05) is 6.92 Å². The highest BCUT2D eigenvalue weighted by atomic mass is 15.1. The first-order valence-corrected chi connectivity index (χ1v) is 8.02. The van der Waals surface area contributed by atoms with Crippen molar-refractivity contribution in [2.75, 3.05) is 32.5 Å². The number of aryl methyl sites for hydroxylation is 3. The smallest absolute Gasteiger partial charge is 0.135 e. The van der Waals surface area contributed by atoms with E-state index in [4.69, 9.17) is 4.98 Å². The molecule has 2 heterocycles. The zero-order chi connectivity index (χ0) is 16.6. The minimum absolute atomic E-state index is 0.864. The Bertz CT molecular complexity index is 868. The lowest BCUT2D eigenvalue weighted by molar-refractivity contribution is 0.425. The fourth-order valence-electron chi connectivity index (χ4n) is 2.85. The summed E-state index contributed by atoms with van der Waals surface area (Å²) in [5.41, 5.74) is 5.54. The third-order valence-electron chi connectivity index (χ3n) is 4.17. The van der Waals surface area contributed by atoms with Crippen LogP contribution in [0.5, 0.6) is 0 Å². The van der Waals surface area contributed by atoms with Crippen molar-refractivity contribution in [3.05, 3.63) is 41.1 Å². The van der Waals surface area contributed by atoms with Crippen LogP contribution in [0.3, 0.4) is 0 Å². The van der Waals surface area contributed by atoms with E-state index in [1.54, 1.807) is 0 Å². The number of nitrogens with one attached hydrogen (secondary N) is 1. The predicted molar refractivity (Wildman–Crippen MR) is 98.3 cm³/mol. The minimum atomic E-state index is 0.864. The first-order chi connectivity index (χ1) is 11.0.